The summed E-state index contributed by atoms with van der Waals surface area (Å²) in [5, 5.41) is 0. The molecule has 2 saturated heterocycles. The molecule has 2 aliphatic heterocycles. The molecule has 3 atom stereocenters. The van der Waals surface area contributed by atoms with Gasteiger partial charge in [-0.3, -0.25) is 4.79 Å². The van der Waals surface area contributed by atoms with Crippen LogP contribution in [0.1, 0.15) is 37.0 Å². The summed E-state index contributed by atoms with van der Waals surface area (Å²) in [6.45, 7) is 5.50. The zero-order valence-electron chi connectivity index (χ0n) is 15.7. The number of benzene rings is 1. The van der Waals surface area contributed by atoms with E-state index in [4.69, 9.17) is 10.5 Å². The van der Waals surface area contributed by atoms with Gasteiger partial charge >= 0.3 is 0 Å². The largest absolute Gasteiger partial charge is 0.373 e. The van der Waals surface area contributed by atoms with Crippen LogP contribution in [-0.2, 0) is 14.8 Å². The van der Waals surface area contributed by atoms with Gasteiger partial charge in [-0.2, -0.15) is 4.31 Å². The molecule has 0 spiro atoms. The predicted octanol–water partition coefficient (Wildman–Crippen LogP) is 1.47. The van der Waals surface area contributed by atoms with Crippen molar-refractivity contribution in [3.63, 3.8) is 0 Å². The van der Waals surface area contributed by atoms with Gasteiger partial charge in [-0.05, 0) is 44.9 Å². The van der Waals surface area contributed by atoms with Gasteiger partial charge in [0.25, 0.3) is 5.91 Å². The van der Waals surface area contributed by atoms with E-state index in [1.54, 1.807) is 23.1 Å². The lowest BCUT2D eigenvalue weighted by molar-refractivity contribution is -0.0440. The number of ether oxygens (including phenoxy) is 1. The van der Waals surface area contributed by atoms with Crippen LogP contribution in [0, 0.1) is 0 Å². The number of halogens is 1. The molecule has 7 nitrogen and oxygen atoms in total. The number of piperidine rings is 1. The number of amides is 1. The molecule has 3 rings (SSSR count). The van der Waals surface area contributed by atoms with Gasteiger partial charge in [0.2, 0.25) is 10.0 Å². The zero-order chi connectivity index (χ0) is 18.9. The smallest absolute Gasteiger partial charge is 0.253 e. The zero-order valence-corrected chi connectivity index (χ0v) is 17.3. The lowest BCUT2D eigenvalue weighted by Gasteiger charge is -2.34. The van der Waals surface area contributed by atoms with Crippen LogP contribution in [-0.4, -0.2) is 68.0 Å². The summed E-state index contributed by atoms with van der Waals surface area (Å²) in [5.41, 5.74) is 6.34. The minimum atomic E-state index is -3.67. The molecule has 0 radical (unpaired) electrons. The van der Waals surface area contributed by atoms with Gasteiger partial charge in [0, 0.05) is 37.8 Å². The first-order valence-corrected chi connectivity index (χ1v) is 10.5. The molecule has 0 aliphatic carbocycles. The van der Waals surface area contributed by atoms with Gasteiger partial charge in [-0.15, -0.1) is 12.4 Å². The van der Waals surface area contributed by atoms with E-state index in [9.17, 15) is 13.2 Å². The molecule has 0 aromatic heterocycles. The van der Waals surface area contributed by atoms with Crippen LogP contribution in [0.3, 0.4) is 0 Å². The van der Waals surface area contributed by atoms with Gasteiger partial charge in [0.15, 0.2) is 0 Å². The van der Waals surface area contributed by atoms with Crippen LogP contribution in [0.5, 0.6) is 0 Å². The van der Waals surface area contributed by atoms with Crippen molar-refractivity contribution in [3.05, 3.63) is 29.8 Å². The van der Waals surface area contributed by atoms with Crippen molar-refractivity contribution in [1.82, 2.24) is 9.21 Å². The number of carbonyl (C=O) groups is 1. The van der Waals surface area contributed by atoms with Crippen LogP contribution in [0.2, 0.25) is 0 Å². The molecule has 27 heavy (non-hydrogen) atoms. The fourth-order valence-corrected chi connectivity index (χ4v) is 5.28. The van der Waals surface area contributed by atoms with Crippen molar-refractivity contribution < 1.29 is 17.9 Å². The molecule has 0 bridgehead atoms. The Morgan fingerprint density at radius 2 is 1.85 bits per heavy atom. The van der Waals surface area contributed by atoms with Gasteiger partial charge in [-0.25, -0.2) is 8.42 Å². The van der Waals surface area contributed by atoms with Crippen molar-refractivity contribution >= 4 is 28.3 Å². The highest BCUT2D eigenvalue weighted by Gasteiger charge is 2.33. The maximum Gasteiger partial charge on any atom is 0.253 e. The average molecular weight is 418 g/mol. The SMILES string of the molecule is CC1CN(S(=O)(=O)c2cccc(C(=O)N3CCCC(N)C3)c2)CC(C)O1.Cl. The number of sulfonamides is 1. The fraction of sp³-hybridized carbons (Fsp3) is 0.611. The summed E-state index contributed by atoms with van der Waals surface area (Å²) in [4.78, 5) is 14.6. The second-order valence-electron chi connectivity index (χ2n) is 7.26. The quantitative estimate of drug-likeness (QED) is 0.803. The number of carbonyl (C=O) groups excluding carboxylic acids is 1. The molecule has 2 aliphatic rings. The Morgan fingerprint density at radius 3 is 2.48 bits per heavy atom. The van der Waals surface area contributed by atoms with E-state index in [0.717, 1.165) is 12.8 Å². The minimum Gasteiger partial charge on any atom is -0.373 e. The maximum absolute atomic E-state index is 13.0. The highest BCUT2D eigenvalue weighted by molar-refractivity contribution is 7.89. The molecule has 1 aromatic rings. The van der Waals surface area contributed by atoms with Crippen molar-refractivity contribution in [2.75, 3.05) is 26.2 Å². The Kier molecular flexibility index (Phi) is 7.27. The maximum atomic E-state index is 13.0. The summed E-state index contributed by atoms with van der Waals surface area (Å²) < 4.78 is 33.1. The number of rotatable bonds is 3. The van der Waals surface area contributed by atoms with Crippen LogP contribution in [0.25, 0.3) is 0 Å². The first-order chi connectivity index (χ1) is 12.3. The highest BCUT2D eigenvalue weighted by atomic mass is 35.5. The predicted molar refractivity (Wildman–Crippen MR) is 106 cm³/mol. The molecular formula is C18H28ClN3O4S. The second kappa shape index (κ2) is 8.87. The summed E-state index contributed by atoms with van der Waals surface area (Å²) in [5.74, 6) is -0.166. The van der Waals surface area contributed by atoms with Crippen LogP contribution >= 0.6 is 12.4 Å². The fourth-order valence-electron chi connectivity index (χ4n) is 3.64. The standard InChI is InChI=1S/C18H27N3O4S.ClH/c1-13-10-21(11-14(2)25-13)26(23,24)17-7-3-5-15(9-17)18(22)20-8-4-6-16(19)12-20;/h3,5,7,9,13-14,16H,4,6,8,10-12,19H2,1-2H3;1H. The van der Waals surface area contributed by atoms with Crippen molar-refractivity contribution in [2.45, 2.75) is 49.8 Å². The molecule has 9 heteroatoms. The third kappa shape index (κ3) is 5.00. The van der Waals surface area contributed by atoms with Crippen molar-refractivity contribution in [3.8, 4) is 0 Å². The number of nitrogens with zero attached hydrogens (tertiary/aromatic N) is 2. The van der Waals surface area contributed by atoms with E-state index < -0.39 is 10.0 Å². The molecule has 1 amide bonds. The molecule has 0 saturated carbocycles. The topological polar surface area (TPSA) is 92.9 Å². The number of hydrogen-bond donors (Lipinski definition) is 1. The first kappa shape index (κ1) is 22.1. The summed E-state index contributed by atoms with van der Waals surface area (Å²) >= 11 is 0. The molecule has 2 N–H and O–H groups in total. The number of morpholine rings is 1. The molecule has 2 fully saturated rings. The Morgan fingerprint density at radius 1 is 1.19 bits per heavy atom. The van der Waals surface area contributed by atoms with E-state index in [1.165, 1.54) is 10.4 Å². The van der Waals surface area contributed by atoms with Gasteiger partial charge < -0.3 is 15.4 Å². The third-order valence-electron chi connectivity index (χ3n) is 4.85. The Hall–Kier alpha value is -1.19. The van der Waals surface area contributed by atoms with E-state index in [2.05, 4.69) is 0 Å². The summed E-state index contributed by atoms with van der Waals surface area (Å²) in [6.07, 6.45) is 1.46. The summed E-state index contributed by atoms with van der Waals surface area (Å²) in [7, 11) is -3.67. The van der Waals surface area contributed by atoms with Gasteiger partial charge in [0.05, 0.1) is 17.1 Å². The number of hydrogen-bond acceptors (Lipinski definition) is 5. The van der Waals surface area contributed by atoms with Crippen LogP contribution < -0.4 is 5.73 Å². The van der Waals surface area contributed by atoms with Gasteiger partial charge in [-0.1, -0.05) is 6.07 Å². The van der Waals surface area contributed by atoms with Gasteiger partial charge in [0.1, 0.15) is 0 Å². The number of likely N-dealkylation sites (tertiary alicyclic amines) is 1. The van der Waals surface area contributed by atoms with E-state index in [-0.39, 0.29) is 41.5 Å². The molecule has 152 valence electrons. The Labute approximate surface area is 167 Å². The normalized spacial score (nSPS) is 27.1. The Balaban J connectivity index is 0.00000261. The molecule has 3 unspecified atom stereocenters. The van der Waals surface area contributed by atoms with Crippen LogP contribution in [0.4, 0.5) is 0 Å². The minimum absolute atomic E-state index is 0. The third-order valence-corrected chi connectivity index (χ3v) is 6.68. The van der Waals surface area contributed by atoms with Crippen molar-refractivity contribution in [1.29, 1.82) is 0 Å². The van der Waals surface area contributed by atoms with E-state index >= 15 is 0 Å². The molecular weight excluding hydrogens is 390 g/mol. The Bertz CT molecular complexity index is 764. The van der Waals surface area contributed by atoms with E-state index in [0.29, 0.717) is 31.7 Å². The van der Waals surface area contributed by atoms with Crippen molar-refractivity contribution in [2.24, 2.45) is 5.73 Å². The highest BCUT2D eigenvalue weighted by Crippen LogP contribution is 2.23. The molecule has 2 heterocycles. The lowest BCUT2D eigenvalue weighted by Crippen LogP contribution is -2.48. The van der Waals surface area contributed by atoms with E-state index in [1.807, 2.05) is 13.8 Å². The van der Waals surface area contributed by atoms with Crippen LogP contribution in [0.15, 0.2) is 29.2 Å². The summed E-state index contributed by atoms with van der Waals surface area (Å²) in [6, 6.07) is 6.28. The second-order valence-corrected chi connectivity index (χ2v) is 9.20. The number of nitrogens with two attached hydrogens (primary N) is 1. The first-order valence-electron chi connectivity index (χ1n) is 9.08. The average Bonchev–Trinajstić information content (AvgIpc) is 2.60. The lowest BCUT2D eigenvalue weighted by atomic mass is 10.1. The monoisotopic (exact) mass is 417 g/mol. The molecule has 1 aromatic carbocycles.